The van der Waals surface area contributed by atoms with E-state index in [1.807, 2.05) is 18.2 Å². The number of rotatable bonds is 3. The minimum absolute atomic E-state index is 0. The van der Waals surface area contributed by atoms with Crippen LogP contribution in [0.25, 0.3) is 5.82 Å². The largest absolute Gasteiger partial charge is 0.348 e. The normalized spacial score (nSPS) is 20.0. The van der Waals surface area contributed by atoms with E-state index >= 15 is 0 Å². The first-order valence-corrected chi connectivity index (χ1v) is 7.26. The van der Waals surface area contributed by atoms with Crippen molar-refractivity contribution in [3.8, 4) is 5.82 Å². The third-order valence-electron chi connectivity index (χ3n) is 3.81. The fourth-order valence-corrected chi connectivity index (χ4v) is 2.60. The maximum absolute atomic E-state index is 12.3. The summed E-state index contributed by atoms with van der Waals surface area (Å²) in [5, 5.41) is 7.16. The number of carbonyl (C=O) groups excluding carboxylic acids is 1. The number of amides is 1. The second-order valence-corrected chi connectivity index (χ2v) is 5.42. The molecule has 1 aliphatic rings. The highest BCUT2D eigenvalue weighted by atomic mass is 35.5. The molecule has 1 amide bonds. The van der Waals surface area contributed by atoms with Crippen LogP contribution in [0.3, 0.4) is 0 Å². The van der Waals surface area contributed by atoms with Crippen molar-refractivity contribution in [2.75, 3.05) is 0 Å². The van der Waals surface area contributed by atoms with Gasteiger partial charge in [-0.05, 0) is 43.9 Å². The first-order chi connectivity index (χ1) is 10.2. The minimum Gasteiger partial charge on any atom is -0.348 e. The Morgan fingerprint density at radius 1 is 1.17 bits per heavy atom. The van der Waals surface area contributed by atoms with Gasteiger partial charge < -0.3 is 11.1 Å². The number of carbonyl (C=O) groups is 1. The fourth-order valence-electron chi connectivity index (χ4n) is 2.60. The average Bonchev–Trinajstić information content (AvgIpc) is 3.04. The molecule has 126 valence electrons. The standard InChI is InChI=1S/C15H19N5O.2ClH/c16-11-5-7-12(8-6-11)18-15(21)13-3-1-4-14(19-13)20-10-2-9-17-20;;/h1-4,9-12H,5-8,16H2,(H,18,21);2*1H. The van der Waals surface area contributed by atoms with Crippen LogP contribution in [0.5, 0.6) is 0 Å². The zero-order valence-corrected chi connectivity index (χ0v) is 14.2. The van der Waals surface area contributed by atoms with Gasteiger partial charge in [0.05, 0.1) is 0 Å². The lowest BCUT2D eigenvalue weighted by Gasteiger charge is -2.26. The molecule has 0 aliphatic heterocycles. The van der Waals surface area contributed by atoms with Gasteiger partial charge in [0.1, 0.15) is 5.69 Å². The summed E-state index contributed by atoms with van der Waals surface area (Å²) in [5.41, 5.74) is 6.29. The van der Waals surface area contributed by atoms with Crippen LogP contribution in [-0.4, -0.2) is 32.8 Å². The molecule has 23 heavy (non-hydrogen) atoms. The van der Waals surface area contributed by atoms with E-state index in [2.05, 4.69) is 15.4 Å². The quantitative estimate of drug-likeness (QED) is 0.880. The van der Waals surface area contributed by atoms with Gasteiger partial charge in [0.15, 0.2) is 5.82 Å². The van der Waals surface area contributed by atoms with Gasteiger partial charge >= 0.3 is 0 Å². The lowest BCUT2D eigenvalue weighted by molar-refractivity contribution is 0.0920. The Balaban J connectivity index is 0.00000132. The Bertz CT molecular complexity index is 612. The fraction of sp³-hybridized carbons (Fsp3) is 0.400. The molecule has 1 fully saturated rings. The summed E-state index contributed by atoms with van der Waals surface area (Å²) in [5.74, 6) is 0.503. The molecule has 2 aromatic heterocycles. The SMILES string of the molecule is Cl.Cl.NC1CCC(NC(=O)c2cccc(-n3cccn3)n2)CC1. The molecular formula is C15H21Cl2N5O. The Morgan fingerprint density at radius 3 is 2.57 bits per heavy atom. The molecule has 8 heteroatoms. The predicted molar refractivity (Wildman–Crippen MR) is 93.6 cm³/mol. The summed E-state index contributed by atoms with van der Waals surface area (Å²) in [6, 6.07) is 7.65. The predicted octanol–water partition coefficient (Wildman–Crippen LogP) is 2.11. The maximum Gasteiger partial charge on any atom is 0.270 e. The number of nitrogens with one attached hydrogen (secondary N) is 1. The monoisotopic (exact) mass is 357 g/mol. The molecule has 1 saturated carbocycles. The number of nitrogens with two attached hydrogens (primary N) is 1. The van der Waals surface area contributed by atoms with E-state index in [4.69, 9.17) is 5.73 Å². The molecule has 0 spiro atoms. The minimum atomic E-state index is -0.135. The second-order valence-electron chi connectivity index (χ2n) is 5.42. The summed E-state index contributed by atoms with van der Waals surface area (Å²) in [7, 11) is 0. The number of halogens is 2. The van der Waals surface area contributed by atoms with E-state index in [1.54, 1.807) is 23.1 Å². The highest BCUT2D eigenvalue weighted by Gasteiger charge is 2.21. The molecule has 0 bridgehead atoms. The van der Waals surface area contributed by atoms with Crippen LogP contribution >= 0.6 is 24.8 Å². The Kier molecular flexibility index (Phi) is 7.48. The number of pyridine rings is 1. The van der Waals surface area contributed by atoms with Crippen molar-refractivity contribution in [3.05, 3.63) is 42.4 Å². The highest BCUT2D eigenvalue weighted by Crippen LogP contribution is 2.17. The van der Waals surface area contributed by atoms with Crippen LogP contribution in [0.2, 0.25) is 0 Å². The third kappa shape index (κ3) is 4.92. The number of hydrogen-bond acceptors (Lipinski definition) is 4. The van der Waals surface area contributed by atoms with Crippen LogP contribution in [0, 0.1) is 0 Å². The van der Waals surface area contributed by atoms with Crippen molar-refractivity contribution in [2.24, 2.45) is 5.73 Å². The maximum atomic E-state index is 12.3. The number of hydrogen-bond donors (Lipinski definition) is 2. The van der Waals surface area contributed by atoms with Gasteiger partial charge in [-0.15, -0.1) is 24.8 Å². The lowest BCUT2D eigenvalue weighted by atomic mass is 9.92. The average molecular weight is 358 g/mol. The Morgan fingerprint density at radius 2 is 1.91 bits per heavy atom. The van der Waals surface area contributed by atoms with E-state index < -0.39 is 0 Å². The molecule has 0 radical (unpaired) electrons. The van der Waals surface area contributed by atoms with E-state index in [9.17, 15) is 4.79 Å². The first kappa shape index (κ1) is 19.4. The summed E-state index contributed by atoms with van der Waals surface area (Å²) in [4.78, 5) is 16.6. The van der Waals surface area contributed by atoms with Gasteiger partial charge in [0.2, 0.25) is 0 Å². The summed E-state index contributed by atoms with van der Waals surface area (Å²) in [6.07, 6.45) is 7.28. The van der Waals surface area contributed by atoms with Crippen LogP contribution in [0.1, 0.15) is 36.2 Å². The topological polar surface area (TPSA) is 85.8 Å². The zero-order chi connectivity index (χ0) is 14.7. The first-order valence-electron chi connectivity index (χ1n) is 7.26. The molecule has 2 heterocycles. The number of aromatic nitrogens is 3. The van der Waals surface area contributed by atoms with Crippen LogP contribution in [0.4, 0.5) is 0 Å². The summed E-state index contributed by atoms with van der Waals surface area (Å²) < 4.78 is 1.64. The molecule has 0 aromatic carbocycles. The van der Waals surface area contributed by atoms with Crippen molar-refractivity contribution in [1.82, 2.24) is 20.1 Å². The molecule has 0 atom stereocenters. The van der Waals surface area contributed by atoms with E-state index in [1.165, 1.54) is 0 Å². The van der Waals surface area contributed by atoms with Crippen LogP contribution in [0.15, 0.2) is 36.7 Å². The summed E-state index contributed by atoms with van der Waals surface area (Å²) in [6.45, 7) is 0. The molecule has 0 saturated heterocycles. The van der Waals surface area contributed by atoms with Gasteiger partial charge in [0, 0.05) is 24.5 Å². The van der Waals surface area contributed by atoms with Gasteiger partial charge in [0.25, 0.3) is 5.91 Å². The highest BCUT2D eigenvalue weighted by molar-refractivity contribution is 5.92. The second kappa shape index (κ2) is 8.86. The molecule has 3 N–H and O–H groups in total. The Hall–Kier alpha value is -1.63. The van der Waals surface area contributed by atoms with Gasteiger partial charge in [-0.1, -0.05) is 6.07 Å². The van der Waals surface area contributed by atoms with Crippen molar-refractivity contribution >= 4 is 30.7 Å². The summed E-state index contributed by atoms with van der Waals surface area (Å²) >= 11 is 0. The third-order valence-corrected chi connectivity index (χ3v) is 3.81. The molecule has 1 aliphatic carbocycles. The van der Waals surface area contributed by atoms with Gasteiger partial charge in [-0.3, -0.25) is 4.79 Å². The van der Waals surface area contributed by atoms with E-state index in [0.717, 1.165) is 25.7 Å². The number of nitrogens with zero attached hydrogens (tertiary/aromatic N) is 3. The molecule has 3 rings (SSSR count). The van der Waals surface area contributed by atoms with E-state index in [-0.39, 0.29) is 42.8 Å². The van der Waals surface area contributed by atoms with Gasteiger partial charge in [-0.25, -0.2) is 9.67 Å². The smallest absolute Gasteiger partial charge is 0.270 e. The Labute approximate surface area is 147 Å². The zero-order valence-electron chi connectivity index (χ0n) is 12.6. The van der Waals surface area contributed by atoms with Crippen LogP contribution < -0.4 is 11.1 Å². The lowest BCUT2D eigenvalue weighted by Crippen LogP contribution is -2.40. The van der Waals surface area contributed by atoms with Crippen LogP contribution in [-0.2, 0) is 0 Å². The van der Waals surface area contributed by atoms with Crippen molar-refractivity contribution in [2.45, 2.75) is 37.8 Å². The molecule has 6 nitrogen and oxygen atoms in total. The van der Waals surface area contributed by atoms with Crippen molar-refractivity contribution in [3.63, 3.8) is 0 Å². The molecular weight excluding hydrogens is 337 g/mol. The molecule has 2 aromatic rings. The molecule has 0 unspecified atom stereocenters. The van der Waals surface area contributed by atoms with E-state index in [0.29, 0.717) is 11.5 Å². The van der Waals surface area contributed by atoms with Gasteiger partial charge in [-0.2, -0.15) is 5.10 Å². The van der Waals surface area contributed by atoms with Crippen molar-refractivity contribution in [1.29, 1.82) is 0 Å². The van der Waals surface area contributed by atoms with Crippen molar-refractivity contribution < 1.29 is 4.79 Å².